The Morgan fingerprint density at radius 1 is 1.10 bits per heavy atom. The normalized spacial score (nSPS) is 25.6. The van der Waals surface area contributed by atoms with Crippen LogP contribution in [-0.4, -0.2) is 48.6 Å². The number of rotatable bonds is 3. The fraction of sp³-hybridized carbons (Fsp3) is 0.625. The molecular formula is C16H23Cl2N3. The number of benzene rings is 1. The van der Waals surface area contributed by atoms with Crippen LogP contribution in [0.3, 0.4) is 0 Å². The van der Waals surface area contributed by atoms with Gasteiger partial charge in [-0.25, -0.2) is 0 Å². The quantitative estimate of drug-likeness (QED) is 0.925. The molecule has 0 spiro atoms. The molecule has 0 aromatic heterocycles. The number of fused-ring (bicyclic) bond motifs is 1. The summed E-state index contributed by atoms with van der Waals surface area (Å²) in [7, 11) is 0. The van der Waals surface area contributed by atoms with Gasteiger partial charge in [0.1, 0.15) is 0 Å². The molecule has 2 N–H and O–H groups in total. The molecule has 116 valence electrons. The monoisotopic (exact) mass is 327 g/mol. The van der Waals surface area contributed by atoms with Gasteiger partial charge in [-0.2, -0.15) is 0 Å². The van der Waals surface area contributed by atoms with Crippen molar-refractivity contribution in [3.05, 3.63) is 33.8 Å². The van der Waals surface area contributed by atoms with Crippen LogP contribution in [0.4, 0.5) is 0 Å². The van der Waals surface area contributed by atoms with Gasteiger partial charge in [-0.1, -0.05) is 23.2 Å². The highest BCUT2D eigenvalue weighted by Gasteiger charge is 2.31. The van der Waals surface area contributed by atoms with E-state index in [1.807, 2.05) is 12.1 Å². The first-order valence-corrected chi connectivity index (χ1v) is 8.57. The van der Waals surface area contributed by atoms with Crippen LogP contribution in [0, 0.1) is 0 Å². The Labute approximate surface area is 137 Å². The molecule has 3 rings (SSSR count). The number of hydrogen-bond donors (Lipinski definition) is 1. The lowest BCUT2D eigenvalue weighted by molar-refractivity contribution is 0.176. The Balaban J connectivity index is 1.81. The van der Waals surface area contributed by atoms with Gasteiger partial charge in [-0.3, -0.25) is 9.80 Å². The second-order valence-corrected chi connectivity index (χ2v) is 7.01. The predicted octanol–water partition coefficient (Wildman–Crippen LogP) is 3.16. The van der Waals surface area contributed by atoms with Crippen molar-refractivity contribution in [2.75, 3.05) is 32.7 Å². The van der Waals surface area contributed by atoms with E-state index in [-0.39, 0.29) is 6.04 Å². The fourth-order valence-corrected chi connectivity index (χ4v) is 4.32. The van der Waals surface area contributed by atoms with E-state index in [1.54, 1.807) is 6.07 Å². The largest absolute Gasteiger partial charge is 0.329 e. The van der Waals surface area contributed by atoms with E-state index >= 15 is 0 Å². The van der Waals surface area contributed by atoms with E-state index in [9.17, 15) is 0 Å². The molecule has 2 aliphatic rings. The smallest absolute Gasteiger partial charge is 0.0472 e. The third-order valence-electron chi connectivity index (χ3n) is 4.77. The molecular weight excluding hydrogens is 305 g/mol. The molecule has 0 aliphatic carbocycles. The summed E-state index contributed by atoms with van der Waals surface area (Å²) in [4.78, 5) is 5.16. The second kappa shape index (κ2) is 6.84. The van der Waals surface area contributed by atoms with E-state index in [1.165, 1.54) is 32.4 Å². The van der Waals surface area contributed by atoms with Gasteiger partial charge in [-0.15, -0.1) is 0 Å². The van der Waals surface area contributed by atoms with Gasteiger partial charge in [0.25, 0.3) is 0 Å². The van der Waals surface area contributed by atoms with Gasteiger partial charge in [0, 0.05) is 41.8 Å². The summed E-state index contributed by atoms with van der Waals surface area (Å²) in [6, 6.07) is 6.68. The molecule has 0 radical (unpaired) electrons. The van der Waals surface area contributed by atoms with E-state index in [0.717, 1.165) is 18.7 Å². The Kier molecular flexibility index (Phi) is 5.07. The molecule has 5 heteroatoms. The molecule has 2 fully saturated rings. The zero-order valence-electron chi connectivity index (χ0n) is 12.3. The highest BCUT2D eigenvalue weighted by atomic mass is 35.5. The molecule has 2 atom stereocenters. The molecule has 2 aliphatic heterocycles. The predicted molar refractivity (Wildman–Crippen MR) is 89.0 cm³/mol. The maximum atomic E-state index is 6.16. The summed E-state index contributed by atoms with van der Waals surface area (Å²) < 4.78 is 0. The molecule has 2 heterocycles. The average molecular weight is 328 g/mol. The third kappa shape index (κ3) is 3.54. The zero-order chi connectivity index (χ0) is 14.8. The standard InChI is InChI=1S/C16H23Cl2N3/c17-13-7-12(8-14(18)9-13)16(10-19)21-6-2-5-20-4-1-3-15(20)11-21/h7-9,15-16H,1-6,10-11,19H2. The van der Waals surface area contributed by atoms with Gasteiger partial charge < -0.3 is 5.73 Å². The van der Waals surface area contributed by atoms with Crippen LogP contribution in [0.1, 0.15) is 30.9 Å². The fourth-order valence-electron chi connectivity index (χ4n) is 3.78. The van der Waals surface area contributed by atoms with Crippen molar-refractivity contribution < 1.29 is 0 Å². The van der Waals surface area contributed by atoms with E-state index in [4.69, 9.17) is 28.9 Å². The summed E-state index contributed by atoms with van der Waals surface area (Å²) >= 11 is 12.3. The van der Waals surface area contributed by atoms with Crippen LogP contribution in [0.5, 0.6) is 0 Å². The van der Waals surface area contributed by atoms with Crippen LogP contribution in [0.25, 0.3) is 0 Å². The summed E-state index contributed by atoms with van der Waals surface area (Å²) in [5.41, 5.74) is 7.22. The Morgan fingerprint density at radius 3 is 2.52 bits per heavy atom. The highest BCUT2D eigenvalue weighted by Crippen LogP contribution is 2.30. The van der Waals surface area contributed by atoms with E-state index in [0.29, 0.717) is 22.6 Å². The first kappa shape index (κ1) is 15.6. The molecule has 0 bridgehead atoms. The first-order valence-electron chi connectivity index (χ1n) is 7.81. The maximum Gasteiger partial charge on any atom is 0.0472 e. The second-order valence-electron chi connectivity index (χ2n) is 6.13. The summed E-state index contributed by atoms with van der Waals surface area (Å²) in [5.74, 6) is 0. The molecule has 2 unspecified atom stereocenters. The highest BCUT2D eigenvalue weighted by molar-refractivity contribution is 6.34. The Morgan fingerprint density at radius 2 is 1.81 bits per heavy atom. The number of hydrogen-bond acceptors (Lipinski definition) is 3. The van der Waals surface area contributed by atoms with Gasteiger partial charge in [0.2, 0.25) is 0 Å². The van der Waals surface area contributed by atoms with Crippen molar-refractivity contribution in [1.82, 2.24) is 9.80 Å². The summed E-state index contributed by atoms with van der Waals surface area (Å²) in [6.07, 6.45) is 3.85. The zero-order valence-corrected chi connectivity index (χ0v) is 13.8. The molecule has 0 amide bonds. The Bertz CT molecular complexity index is 474. The third-order valence-corrected chi connectivity index (χ3v) is 5.21. The lowest BCUT2D eigenvalue weighted by Crippen LogP contribution is -2.40. The van der Waals surface area contributed by atoms with Gasteiger partial charge in [0.15, 0.2) is 0 Å². The van der Waals surface area contributed by atoms with Crippen molar-refractivity contribution in [3.63, 3.8) is 0 Å². The average Bonchev–Trinajstić information content (AvgIpc) is 2.77. The van der Waals surface area contributed by atoms with E-state index < -0.39 is 0 Å². The molecule has 1 aromatic rings. The molecule has 2 saturated heterocycles. The van der Waals surface area contributed by atoms with Crippen LogP contribution in [-0.2, 0) is 0 Å². The molecule has 1 aromatic carbocycles. The van der Waals surface area contributed by atoms with Gasteiger partial charge in [0.05, 0.1) is 0 Å². The van der Waals surface area contributed by atoms with Crippen molar-refractivity contribution >= 4 is 23.2 Å². The molecule has 21 heavy (non-hydrogen) atoms. The van der Waals surface area contributed by atoms with Gasteiger partial charge >= 0.3 is 0 Å². The molecule has 0 saturated carbocycles. The SMILES string of the molecule is NCC(c1cc(Cl)cc(Cl)c1)N1CCCN2CCCC2C1. The number of nitrogens with two attached hydrogens (primary N) is 1. The van der Waals surface area contributed by atoms with Gasteiger partial charge in [-0.05, 0) is 56.1 Å². The van der Waals surface area contributed by atoms with Crippen molar-refractivity contribution in [1.29, 1.82) is 0 Å². The van der Waals surface area contributed by atoms with Crippen LogP contribution in [0.15, 0.2) is 18.2 Å². The van der Waals surface area contributed by atoms with E-state index in [2.05, 4.69) is 9.80 Å². The number of halogens is 2. The topological polar surface area (TPSA) is 32.5 Å². The molecule has 3 nitrogen and oxygen atoms in total. The minimum atomic E-state index is 0.210. The summed E-state index contributed by atoms with van der Waals surface area (Å²) in [5, 5.41) is 1.38. The van der Waals surface area contributed by atoms with Crippen molar-refractivity contribution in [3.8, 4) is 0 Å². The van der Waals surface area contributed by atoms with Crippen LogP contribution < -0.4 is 5.73 Å². The summed E-state index contributed by atoms with van der Waals surface area (Å²) in [6.45, 7) is 5.28. The Hall–Kier alpha value is -0.320. The lowest BCUT2D eigenvalue weighted by atomic mass is 10.0. The first-order chi connectivity index (χ1) is 10.2. The van der Waals surface area contributed by atoms with Crippen molar-refractivity contribution in [2.45, 2.75) is 31.3 Å². The van der Waals surface area contributed by atoms with Crippen molar-refractivity contribution in [2.24, 2.45) is 5.73 Å². The maximum absolute atomic E-state index is 6.16. The lowest BCUT2D eigenvalue weighted by Gasteiger charge is -2.32. The number of nitrogens with zero attached hydrogens (tertiary/aromatic N) is 2. The van der Waals surface area contributed by atoms with Crippen LogP contribution in [0.2, 0.25) is 10.0 Å². The minimum absolute atomic E-state index is 0.210. The van der Waals surface area contributed by atoms with Crippen LogP contribution >= 0.6 is 23.2 Å². The minimum Gasteiger partial charge on any atom is -0.329 e.